The summed E-state index contributed by atoms with van der Waals surface area (Å²) in [5.41, 5.74) is 1.65. The minimum Gasteiger partial charge on any atom is -0.495 e. The van der Waals surface area contributed by atoms with Crippen molar-refractivity contribution < 1.29 is 23.3 Å². The maximum atomic E-state index is 12.5. The van der Waals surface area contributed by atoms with Crippen LogP contribution < -0.4 is 10.1 Å². The summed E-state index contributed by atoms with van der Waals surface area (Å²) < 4.78 is 22.6. The van der Waals surface area contributed by atoms with E-state index in [1.165, 1.54) is 14.0 Å². The first-order valence-electron chi connectivity index (χ1n) is 8.51. The Kier molecular flexibility index (Phi) is 7.12. The second-order valence-corrected chi connectivity index (χ2v) is 7.58. The quantitative estimate of drug-likeness (QED) is 0.735. The van der Waals surface area contributed by atoms with E-state index in [0.29, 0.717) is 22.1 Å². The standard InChI is InChI=1S/C20H23NO5S/c1-5-27(24)18-9-7-6-8-15(18)20(23)26-14(3)19(22)21-16-12-13(2)10-11-17(16)25-4/h6-12,14H,5H2,1-4H3,(H,21,22)/t14-,27-/m1/s1. The van der Waals surface area contributed by atoms with Crippen molar-refractivity contribution in [3.8, 4) is 5.75 Å². The van der Waals surface area contributed by atoms with Crippen molar-refractivity contribution in [2.24, 2.45) is 0 Å². The summed E-state index contributed by atoms with van der Waals surface area (Å²) in [6.45, 7) is 5.14. The van der Waals surface area contributed by atoms with Gasteiger partial charge in [0.25, 0.3) is 5.91 Å². The number of carbonyl (C=O) groups is 2. The first-order valence-corrected chi connectivity index (χ1v) is 9.83. The molecule has 0 spiro atoms. The average molecular weight is 389 g/mol. The van der Waals surface area contributed by atoms with Gasteiger partial charge >= 0.3 is 5.97 Å². The molecule has 0 radical (unpaired) electrons. The molecule has 6 nitrogen and oxygen atoms in total. The Bertz CT molecular complexity index is 865. The maximum Gasteiger partial charge on any atom is 0.340 e. The van der Waals surface area contributed by atoms with Gasteiger partial charge in [-0.05, 0) is 43.7 Å². The minimum absolute atomic E-state index is 0.200. The molecule has 2 aromatic rings. The van der Waals surface area contributed by atoms with Crippen LogP contribution in [0, 0.1) is 6.92 Å². The molecule has 144 valence electrons. The first kappa shape index (κ1) is 20.6. The number of amides is 1. The number of esters is 1. The van der Waals surface area contributed by atoms with E-state index in [2.05, 4.69) is 5.32 Å². The van der Waals surface area contributed by atoms with Gasteiger partial charge in [-0.3, -0.25) is 9.00 Å². The molecule has 1 amide bonds. The van der Waals surface area contributed by atoms with E-state index >= 15 is 0 Å². The van der Waals surface area contributed by atoms with Gasteiger partial charge in [0.15, 0.2) is 6.10 Å². The van der Waals surface area contributed by atoms with Crippen molar-refractivity contribution in [1.29, 1.82) is 0 Å². The number of aryl methyl sites for hydroxylation is 1. The average Bonchev–Trinajstić information content (AvgIpc) is 2.67. The summed E-state index contributed by atoms with van der Waals surface area (Å²) >= 11 is 0. The minimum atomic E-state index is -1.30. The molecule has 0 aliphatic heterocycles. The lowest BCUT2D eigenvalue weighted by molar-refractivity contribution is -0.123. The fourth-order valence-corrected chi connectivity index (χ4v) is 3.36. The third-order valence-corrected chi connectivity index (χ3v) is 5.25. The number of methoxy groups -OCH3 is 1. The Balaban J connectivity index is 2.12. The topological polar surface area (TPSA) is 81.7 Å². The Hall–Kier alpha value is -2.67. The van der Waals surface area contributed by atoms with Crippen LogP contribution >= 0.6 is 0 Å². The number of anilines is 1. The molecule has 0 saturated heterocycles. The molecule has 0 aliphatic carbocycles. The lowest BCUT2D eigenvalue weighted by Gasteiger charge is -2.16. The van der Waals surface area contributed by atoms with E-state index in [-0.39, 0.29) is 5.56 Å². The Morgan fingerprint density at radius 3 is 2.56 bits per heavy atom. The van der Waals surface area contributed by atoms with Crippen molar-refractivity contribution in [3.05, 3.63) is 53.6 Å². The molecule has 2 atom stereocenters. The van der Waals surface area contributed by atoms with Crippen LogP contribution in [0.15, 0.2) is 47.4 Å². The van der Waals surface area contributed by atoms with E-state index in [4.69, 9.17) is 9.47 Å². The number of carbonyl (C=O) groups excluding carboxylic acids is 2. The molecule has 27 heavy (non-hydrogen) atoms. The van der Waals surface area contributed by atoms with Gasteiger partial charge in [-0.2, -0.15) is 0 Å². The van der Waals surface area contributed by atoms with Gasteiger partial charge in [0.05, 0.1) is 34.1 Å². The van der Waals surface area contributed by atoms with Crippen LogP contribution in [0.2, 0.25) is 0 Å². The largest absolute Gasteiger partial charge is 0.495 e. The highest BCUT2D eigenvalue weighted by molar-refractivity contribution is 7.85. The van der Waals surface area contributed by atoms with Gasteiger partial charge in [-0.15, -0.1) is 0 Å². The second-order valence-electron chi connectivity index (χ2n) is 5.87. The van der Waals surface area contributed by atoms with Crippen molar-refractivity contribution in [3.63, 3.8) is 0 Å². The van der Waals surface area contributed by atoms with Crippen molar-refractivity contribution in [2.45, 2.75) is 31.8 Å². The molecule has 2 aromatic carbocycles. The van der Waals surface area contributed by atoms with Gasteiger partial charge in [0, 0.05) is 5.75 Å². The van der Waals surface area contributed by atoms with Crippen LogP contribution in [0.25, 0.3) is 0 Å². The van der Waals surface area contributed by atoms with Crippen LogP contribution in [0.5, 0.6) is 5.75 Å². The van der Waals surface area contributed by atoms with Crippen LogP contribution in [0.3, 0.4) is 0 Å². The Labute approximate surface area is 161 Å². The number of benzene rings is 2. The number of ether oxygens (including phenoxy) is 2. The zero-order valence-corrected chi connectivity index (χ0v) is 16.6. The maximum absolute atomic E-state index is 12.5. The molecular weight excluding hydrogens is 366 g/mol. The van der Waals surface area contributed by atoms with Crippen LogP contribution in [0.4, 0.5) is 5.69 Å². The highest BCUT2D eigenvalue weighted by atomic mass is 32.2. The first-order chi connectivity index (χ1) is 12.9. The molecule has 0 bridgehead atoms. The number of rotatable bonds is 7. The van der Waals surface area contributed by atoms with Gasteiger partial charge < -0.3 is 14.8 Å². The van der Waals surface area contributed by atoms with Crippen LogP contribution in [-0.4, -0.2) is 35.1 Å². The van der Waals surface area contributed by atoms with Crippen molar-refractivity contribution in [1.82, 2.24) is 0 Å². The molecule has 0 aliphatic rings. The van der Waals surface area contributed by atoms with Crippen molar-refractivity contribution >= 4 is 28.4 Å². The molecule has 0 saturated carbocycles. The smallest absolute Gasteiger partial charge is 0.340 e. The SMILES string of the molecule is CC[S@@](=O)c1ccccc1C(=O)O[C@H](C)C(=O)Nc1cc(C)ccc1OC. The molecule has 0 heterocycles. The summed E-state index contributed by atoms with van der Waals surface area (Å²) in [7, 11) is 0.204. The fraction of sp³-hybridized carbons (Fsp3) is 0.300. The summed E-state index contributed by atoms with van der Waals surface area (Å²) in [4.78, 5) is 25.3. The van der Waals surface area contributed by atoms with E-state index in [9.17, 15) is 13.8 Å². The Morgan fingerprint density at radius 2 is 1.89 bits per heavy atom. The predicted octanol–water partition coefficient (Wildman–Crippen LogP) is 3.32. The van der Waals surface area contributed by atoms with Gasteiger partial charge in [-0.25, -0.2) is 4.79 Å². The van der Waals surface area contributed by atoms with Crippen molar-refractivity contribution in [2.75, 3.05) is 18.2 Å². The molecule has 0 aromatic heterocycles. The molecule has 7 heteroatoms. The fourth-order valence-electron chi connectivity index (χ4n) is 2.42. The number of hydrogen-bond donors (Lipinski definition) is 1. The molecule has 1 N–H and O–H groups in total. The normalized spacial score (nSPS) is 12.7. The number of nitrogens with one attached hydrogen (secondary N) is 1. The van der Waals surface area contributed by atoms with Gasteiger partial charge in [0.1, 0.15) is 5.75 Å². The summed E-state index contributed by atoms with van der Waals surface area (Å²) in [5.74, 6) is -0.281. The molecule has 2 rings (SSSR count). The zero-order valence-electron chi connectivity index (χ0n) is 15.8. The lowest BCUT2D eigenvalue weighted by atomic mass is 10.2. The third-order valence-electron chi connectivity index (χ3n) is 3.88. The van der Waals surface area contributed by atoms with Crippen LogP contribution in [-0.2, 0) is 20.3 Å². The summed E-state index contributed by atoms with van der Waals surface area (Å²) in [5, 5.41) is 2.71. The zero-order chi connectivity index (χ0) is 20.0. The number of hydrogen-bond acceptors (Lipinski definition) is 5. The van der Waals surface area contributed by atoms with Crippen LogP contribution in [0.1, 0.15) is 29.8 Å². The molecule has 0 fully saturated rings. The second kappa shape index (κ2) is 9.32. The molecular formula is C20H23NO5S. The van der Waals surface area contributed by atoms with Gasteiger partial charge in [-0.1, -0.05) is 25.1 Å². The Morgan fingerprint density at radius 1 is 1.19 bits per heavy atom. The van der Waals surface area contributed by atoms with E-state index in [1.807, 2.05) is 13.0 Å². The van der Waals surface area contributed by atoms with E-state index in [0.717, 1.165) is 5.56 Å². The van der Waals surface area contributed by atoms with E-state index in [1.54, 1.807) is 43.3 Å². The lowest BCUT2D eigenvalue weighted by Crippen LogP contribution is -2.30. The predicted molar refractivity (Wildman–Crippen MR) is 105 cm³/mol. The highest BCUT2D eigenvalue weighted by Gasteiger charge is 2.23. The highest BCUT2D eigenvalue weighted by Crippen LogP contribution is 2.25. The molecule has 0 unspecified atom stereocenters. The third kappa shape index (κ3) is 5.17. The van der Waals surface area contributed by atoms with Gasteiger partial charge in [0.2, 0.25) is 0 Å². The monoisotopic (exact) mass is 389 g/mol. The summed E-state index contributed by atoms with van der Waals surface area (Å²) in [6.07, 6.45) is -1.04. The van der Waals surface area contributed by atoms with E-state index < -0.39 is 28.8 Å². The summed E-state index contributed by atoms with van der Waals surface area (Å²) in [6, 6.07) is 11.9.